The number of amides is 3. The first-order chi connectivity index (χ1) is 19.7. The Labute approximate surface area is 254 Å². The van der Waals surface area contributed by atoms with Crippen LogP contribution in [0.3, 0.4) is 0 Å². The minimum atomic E-state index is -0.375. The van der Waals surface area contributed by atoms with Crippen molar-refractivity contribution < 1.29 is 19.1 Å². The summed E-state index contributed by atoms with van der Waals surface area (Å²) >= 11 is 9.81. The zero-order chi connectivity index (χ0) is 29.1. The van der Waals surface area contributed by atoms with Crippen LogP contribution in [0.5, 0.6) is 0 Å². The maximum absolute atomic E-state index is 13.4. The summed E-state index contributed by atoms with van der Waals surface area (Å²) in [6, 6.07) is 9.25. The number of aryl methyl sites for hydroxylation is 1. The number of likely N-dealkylation sites (tertiary alicyclic amines) is 3. The number of pyridine rings is 1. The molecule has 9 nitrogen and oxygen atoms in total. The van der Waals surface area contributed by atoms with E-state index in [1.807, 2.05) is 36.1 Å². The number of benzene rings is 1. The van der Waals surface area contributed by atoms with Gasteiger partial charge in [0.05, 0.1) is 5.56 Å². The lowest BCUT2D eigenvalue weighted by molar-refractivity contribution is -0.130. The van der Waals surface area contributed by atoms with Crippen molar-refractivity contribution in [3.05, 3.63) is 57.3 Å². The van der Waals surface area contributed by atoms with Gasteiger partial charge in [-0.2, -0.15) is 0 Å². The fraction of sp³-hybridized carbons (Fsp3) is 0.533. The second kappa shape index (κ2) is 13.1. The molecule has 41 heavy (non-hydrogen) atoms. The number of anilines is 1. The molecule has 1 aromatic heterocycles. The molecule has 0 spiro atoms. The van der Waals surface area contributed by atoms with Gasteiger partial charge in [-0.25, -0.2) is 9.78 Å². The summed E-state index contributed by atoms with van der Waals surface area (Å²) in [7, 11) is 0. The minimum Gasteiger partial charge on any atom is -0.446 e. The Balaban J connectivity index is 1.14. The van der Waals surface area contributed by atoms with E-state index < -0.39 is 0 Å². The monoisotopic (exact) mass is 645 g/mol. The van der Waals surface area contributed by atoms with Gasteiger partial charge in [0.15, 0.2) is 0 Å². The molecule has 3 saturated heterocycles. The van der Waals surface area contributed by atoms with Crippen LogP contribution in [0.15, 0.2) is 41.1 Å². The van der Waals surface area contributed by atoms with Gasteiger partial charge >= 0.3 is 6.09 Å². The van der Waals surface area contributed by atoms with Crippen molar-refractivity contribution in [1.82, 2.24) is 19.7 Å². The van der Waals surface area contributed by atoms with Crippen LogP contribution in [0, 0.1) is 18.8 Å². The van der Waals surface area contributed by atoms with Gasteiger partial charge in [0.2, 0.25) is 5.91 Å². The van der Waals surface area contributed by atoms with Crippen molar-refractivity contribution in [3.63, 3.8) is 0 Å². The van der Waals surface area contributed by atoms with Gasteiger partial charge < -0.3 is 19.4 Å². The first kappa shape index (κ1) is 29.8. The standard InChI is InChI=1S/C30H37BrClN5O4/c1-20-6-7-24(15-27(20)32)37(30(40)41-25-8-13-35(14-9-25)21(2)38)12-4-11-34-16-22-18-36(19-23(22)17-34)29(39)26-5-3-10-33-28(26)31/h3,5-7,10,15,22-23,25H,4,8-9,11-14,16-19H2,1-2H3. The Bertz CT molecular complexity index is 1270. The van der Waals surface area contributed by atoms with Gasteiger partial charge in [0, 0.05) is 82.5 Å². The summed E-state index contributed by atoms with van der Waals surface area (Å²) in [5.41, 5.74) is 2.28. The molecule has 1 aromatic carbocycles. The normalized spacial score (nSPS) is 21.2. The molecule has 0 bridgehead atoms. The highest BCUT2D eigenvalue weighted by Gasteiger charge is 2.41. The Morgan fingerprint density at radius 1 is 1.07 bits per heavy atom. The molecule has 3 fully saturated rings. The number of halogens is 2. The van der Waals surface area contributed by atoms with Crippen molar-refractivity contribution in [2.75, 3.05) is 57.3 Å². The number of hydrogen-bond acceptors (Lipinski definition) is 6. The van der Waals surface area contributed by atoms with Crippen LogP contribution in [0.4, 0.5) is 10.5 Å². The maximum atomic E-state index is 13.4. The van der Waals surface area contributed by atoms with E-state index in [-0.39, 0.29) is 24.0 Å². The third-order valence-corrected chi connectivity index (χ3v) is 9.58. The van der Waals surface area contributed by atoms with Crippen LogP contribution < -0.4 is 4.90 Å². The number of carbonyl (C=O) groups excluding carboxylic acids is 3. The van der Waals surface area contributed by atoms with Gasteiger partial charge in [-0.15, -0.1) is 0 Å². The molecule has 5 rings (SSSR count). The molecule has 0 N–H and O–H groups in total. The molecule has 0 aliphatic carbocycles. The summed E-state index contributed by atoms with van der Waals surface area (Å²) in [6.07, 6.45) is 3.15. The largest absolute Gasteiger partial charge is 0.446 e. The predicted octanol–water partition coefficient (Wildman–Crippen LogP) is 4.85. The average Bonchev–Trinajstić information content (AvgIpc) is 3.52. The molecule has 2 aromatic rings. The number of ether oxygens (including phenoxy) is 1. The smallest absolute Gasteiger partial charge is 0.414 e. The molecular weight excluding hydrogens is 610 g/mol. The van der Waals surface area contributed by atoms with Crippen LogP contribution in [0.1, 0.15) is 42.1 Å². The molecule has 11 heteroatoms. The lowest BCUT2D eigenvalue weighted by atomic mass is 10.0. The maximum Gasteiger partial charge on any atom is 0.414 e. The molecule has 2 atom stereocenters. The summed E-state index contributed by atoms with van der Waals surface area (Å²) < 4.78 is 6.50. The highest BCUT2D eigenvalue weighted by atomic mass is 79.9. The van der Waals surface area contributed by atoms with Crippen molar-refractivity contribution >= 4 is 51.1 Å². The van der Waals surface area contributed by atoms with Crippen LogP contribution in [0.2, 0.25) is 5.02 Å². The molecule has 220 valence electrons. The van der Waals surface area contributed by atoms with Gasteiger partial charge in [0.25, 0.3) is 5.91 Å². The first-order valence-electron chi connectivity index (χ1n) is 14.3. The van der Waals surface area contributed by atoms with Crippen molar-refractivity contribution in [3.8, 4) is 0 Å². The number of aromatic nitrogens is 1. The Morgan fingerprint density at radius 2 is 1.78 bits per heavy atom. The van der Waals surface area contributed by atoms with Crippen molar-refractivity contribution in [1.29, 1.82) is 0 Å². The second-order valence-corrected chi connectivity index (χ2v) is 12.5. The number of rotatable bonds is 7. The molecule has 3 aliphatic heterocycles. The SMILES string of the molecule is CC(=O)N1CCC(OC(=O)N(CCCN2CC3CN(C(=O)c4cccnc4Br)CC3C2)c2ccc(C)c(Cl)c2)CC1. The highest BCUT2D eigenvalue weighted by molar-refractivity contribution is 9.10. The van der Waals surface area contributed by atoms with Crippen LogP contribution in [-0.2, 0) is 9.53 Å². The molecule has 3 amide bonds. The zero-order valence-electron chi connectivity index (χ0n) is 23.6. The summed E-state index contributed by atoms with van der Waals surface area (Å²) in [6.45, 7) is 9.47. The average molecular weight is 647 g/mol. The molecule has 0 saturated carbocycles. The summed E-state index contributed by atoms with van der Waals surface area (Å²) in [5.74, 6) is 0.987. The van der Waals surface area contributed by atoms with Gasteiger partial charge in [0.1, 0.15) is 10.7 Å². The van der Waals surface area contributed by atoms with Gasteiger partial charge in [-0.3, -0.25) is 14.5 Å². The quantitative estimate of drug-likeness (QED) is 0.400. The van der Waals surface area contributed by atoms with Gasteiger partial charge in [-0.05, 0) is 77.5 Å². The fourth-order valence-electron chi connectivity index (χ4n) is 6.18. The Morgan fingerprint density at radius 3 is 2.41 bits per heavy atom. The lowest BCUT2D eigenvalue weighted by Gasteiger charge is -2.32. The van der Waals surface area contributed by atoms with E-state index in [2.05, 4.69) is 25.8 Å². The number of piperidine rings is 1. The number of nitrogens with zero attached hydrogens (tertiary/aromatic N) is 5. The van der Waals surface area contributed by atoms with E-state index in [4.69, 9.17) is 16.3 Å². The first-order valence-corrected chi connectivity index (χ1v) is 15.5. The molecular formula is C30H37BrClN5O4. The third-order valence-electron chi connectivity index (χ3n) is 8.54. The molecule has 0 radical (unpaired) electrons. The van der Waals surface area contributed by atoms with Crippen LogP contribution in [0.25, 0.3) is 0 Å². The molecule has 2 unspecified atom stereocenters. The third kappa shape index (κ3) is 7.04. The Kier molecular flexibility index (Phi) is 9.51. The predicted molar refractivity (Wildman–Crippen MR) is 161 cm³/mol. The highest BCUT2D eigenvalue weighted by Crippen LogP contribution is 2.33. The van der Waals surface area contributed by atoms with E-state index in [1.165, 1.54) is 0 Å². The topological polar surface area (TPSA) is 86.3 Å². The Hall–Kier alpha value is -2.69. The summed E-state index contributed by atoms with van der Waals surface area (Å²) in [5, 5.41) is 0.611. The second-order valence-electron chi connectivity index (χ2n) is 11.4. The van der Waals surface area contributed by atoms with Crippen molar-refractivity contribution in [2.24, 2.45) is 11.8 Å². The molecule has 3 aliphatic rings. The summed E-state index contributed by atoms with van der Waals surface area (Å²) in [4.78, 5) is 50.1. The van der Waals surface area contributed by atoms with Crippen LogP contribution >= 0.6 is 27.5 Å². The zero-order valence-corrected chi connectivity index (χ0v) is 25.9. The fourth-order valence-corrected chi connectivity index (χ4v) is 6.77. The molecule has 4 heterocycles. The van der Waals surface area contributed by atoms with E-state index in [9.17, 15) is 14.4 Å². The number of hydrogen-bond donors (Lipinski definition) is 0. The number of fused-ring (bicyclic) bond motifs is 1. The minimum absolute atomic E-state index is 0.0313. The van der Waals surface area contributed by atoms with E-state index in [0.717, 1.165) is 50.4 Å². The van der Waals surface area contributed by atoms with Crippen molar-refractivity contribution in [2.45, 2.75) is 39.2 Å². The van der Waals surface area contributed by atoms with E-state index in [0.29, 0.717) is 59.5 Å². The van der Waals surface area contributed by atoms with E-state index in [1.54, 1.807) is 29.0 Å². The number of carbonyl (C=O) groups is 3. The van der Waals surface area contributed by atoms with E-state index >= 15 is 0 Å². The van der Waals surface area contributed by atoms with Crippen LogP contribution in [-0.4, -0.2) is 96.1 Å². The lowest BCUT2D eigenvalue weighted by Crippen LogP contribution is -2.43. The van der Waals surface area contributed by atoms with Gasteiger partial charge in [-0.1, -0.05) is 17.7 Å².